The van der Waals surface area contributed by atoms with E-state index < -0.39 is 12.0 Å². The number of nitrogens with zero attached hydrogens (tertiary/aromatic N) is 3. The highest BCUT2D eigenvalue weighted by Gasteiger charge is 2.33. The number of rotatable bonds is 9. The van der Waals surface area contributed by atoms with Crippen LogP contribution < -0.4 is 24.4 Å². The molecule has 3 aromatic carbocycles. The molecule has 1 atom stereocenters. The Morgan fingerprint density at radius 1 is 1.07 bits per heavy atom. The molecule has 8 nitrogen and oxygen atoms in total. The molecule has 11 heteroatoms. The van der Waals surface area contributed by atoms with E-state index in [0.717, 1.165) is 15.6 Å². The zero-order valence-electron chi connectivity index (χ0n) is 24.1. The zero-order chi connectivity index (χ0) is 31.4. The van der Waals surface area contributed by atoms with E-state index in [4.69, 9.17) is 19.5 Å². The van der Waals surface area contributed by atoms with Crippen molar-refractivity contribution in [2.45, 2.75) is 33.4 Å². The molecule has 0 fully saturated rings. The van der Waals surface area contributed by atoms with Gasteiger partial charge >= 0.3 is 5.97 Å². The number of hydrogen-bond donors (Lipinski definition) is 0. The Morgan fingerprint density at radius 3 is 2.45 bits per heavy atom. The van der Waals surface area contributed by atoms with Crippen molar-refractivity contribution in [3.05, 3.63) is 123 Å². The molecule has 0 amide bonds. The molecule has 4 aromatic rings. The molecule has 0 spiro atoms. The standard InChI is InChI=1S/C33H27Br2N3O5S/c1-4-41-25-12-10-22(11-13-25)29-28(32(40)42-5-2)19(3)37-33-38(29)31(39)27(44-33)15-23-14-24(34)16-26(35)30(23)43-18-21-8-6-20(17-36)7-9-21/h6-16,29H,4-5,18H2,1-3H3/b27-15-/t29-/m1/s1. The molecular formula is C33H27Br2N3O5S. The summed E-state index contributed by atoms with van der Waals surface area (Å²) in [5.41, 5.74) is 3.37. The number of carbonyl (C=O) groups is 1. The molecule has 0 radical (unpaired) electrons. The molecular weight excluding hydrogens is 710 g/mol. The minimum atomic E-state index is -0.732. The Bertz CT molecular complexity index is 1970. The third kappa shape index (κ3) is 6.58. The molecule has 0 N–H and O–H groups in total. The highest BCUT2D eigenvalue weighted by molar-refractivity contribution is 9.11. The van der Waals surface area contributed by atoms with Gasteiger partial charge in [-0.2, -0.15) is 5.26 Å². The molecule has 0 bridgehead atoms. The lowest BCUT2D eigenvalue weighted by molar-refractivity contribution is -0.139. The van der Waals surface area contributed by atoms with E-state index in [0.29, 0.717) is 54.3 Å². The summed E-state index contributed by atoms with van der Waals surface area (Å²) in [5.74, 6) is 0.724. The van der Waals surface area contributed by atoms with E-state index in [9.17, 15) is 9.59 Å². The van der Waals surface area contributed by atoms with Crippen LogP contribution in [0.15, 0.2) is 90.7 Å². The van der Waals surface area contributed by atoms with Gasteiger partial charge in [0.15, 0.2) is 4.80 Å². The monoisotopic (exact) mass is 735 g/mol. The van der Waals surface area contributed by atoms with Crippen LogP contribution in [-0.2, 0) is 16.1 Å². The topological polar surface area (TPSA) is 103 Å². The van der Waals surface area contributed by atoms with E-state index >= 15 is 0 Å². The van der Waals surface area contributed by atoms with Gasteiger partial charge in [-0.05, 0) is 90.3 Å². The number of hydrogen-bond acceptors (Lipinski definition) is 8. The maximum absolute atomic E-state index is 14.1. The predicted molar refractivity (Wildman–Crippen MR) is 175 cm³/mol. The third-order valence-corrected chi connectivity index (χ3v) is 8.84. The first-order valence-electron chi connectivity index (χ1n) is 13.8. The van der Waals surface area contributed by atoms with Gasteiger partial charge in [0.2, 0.25) is 0 Å². The Hall–Kier alpha value is -3.98. The van der Waals surface area contributed by atoms with E-state index in [1.807, 2.05) is 55.5 Å². The van der Waals surface area contributed by atoms with Crippen molar-refractivity contribution in [3.63, 3.8) is 0 Å². The first kappa shape index (κ1) is 31.4. The maximum Gasteiger partial charge on any atom is 0.338 e. The molecule has 1 aliphatic heterocycles. The van der Waals surface area contributed by atoms with Gasteiger partial charge in [-0.1, -0.05) is 51.5 Å². The molecule has 224 valence electrons. The largest absolute Gasteiger partial charge is 0.494 e. The van der Waals surface area contributed by atoms with Crippen molar-refractivity contribution in [1.29, 1.82) is 5.26 Å². The van der Waals surface area contributed by atoms with Gasteiger partial charge in [0.25, 0.3) is 5.56 Å². The zero-order valence-corrected chi connectivity index (χ0v) is 28.1. The van der Waals surface area contributed by atoms with E-state index in [1.54, 1.807) is 36.6 Å². The summed E-state index contributed by atoms with van der Waals surface area (Å²) in [7, 11) is 0. The second-order valence-electron chi connectivity index (χ2n) is 9.71. The maximum atomic E-state index is 14.1. The van der Waals surface area contributed by atoms with Crippen molar-refractivity contribution in [1.82, 2.24) is 4.57 Å². The van der Waals surface area contributed by atoms with Gasteiger partial charge in [0.1, 0.15) is 18.1 Å². The average molecular weight is 737 g/mol. The normalized spacial score (nSPS) is 14.5. The van der Waals surface area contributed by atoms with Crippen molar-refractivity contribution >= 4 is 55.2 Å². The lowest BCUT2D eigenvalue weighted by Gasteiger charge is -2.24. The van der Waals surface area contributed by atoms with Crippen LogP contribution in [0.25, 0.3) is 6.08 Å². The highest BCUT2D eigenvalue weighted by atomic mass is 79.9. The van der Waals surface area contributed by atoms with Crippen molar-refractivity contribution in [2.75, 3.05) is 13.2 Å². The molecule has 2 heterocycles. The second-order valence-corrected chi connectivity index (χ2v) is 12.5. The quantitative estimate of drug-likeness (QED) is 0.191. The molecule has 44 heavy (non-hydrogen) atoms. The van der Waals surface area contributed by atoms with Gasteiger partial charge < -0.3 is 14.2 Å². The average Bonchev–Trinajstić information content (AvgIpc) is 3.30. The van der Waals surface area contributed by atoms with Crippen molar-refractivity contribution < 1.29 is 19.0 Å². The van der Waals surface area contributed by atoms with Crippen molar-refractivity contribution in [2.24, 2.45) is 4.99 Å². The molecule has 0 aliphatic carbocycles. The number of nitriles is 1. The summed E-state index contributed by atoms with van der Waals surface area (Å²) < 4.78 is 20.7. The van der Waals surface area contributed by atoms with Crippen LogP contribution in [0, 0.1) is 11.3 Å². The lowest BCUT2D eigenvalue weighted by Crippen LogP contribution is -2.39. The Labute approximate surface area is 274 Å². The first-order chi connectivity index (χ1) is 21.2. The van der Waals surface area contributed by atoms with E-state index in [2.05, 4.69) is 42.9 Å². The van der Waals surface area contributed by atoms with E-state index in [-0.39, 0.29) is 18.8 Å². The molecule has 5 rings (SSSR count). The molecule has 0 saturated carbocycles. The number of esters is 1. The summed E-state index contributed by atoms with van der Waals surface area (Å²) in [6, 6.07) is 19.6. The fraction of sp³-hybridized carbons (Fsp3) is 0.212. The predicted octanol–water partition coefficient (Wildman–Crippen LogP) is 6.17. The minimum absolute atomic E-state index is 0.193. The number of ether oxygens (including phenoxy) is 3. The number of fused-ring (bicyclic) bond motifs is 1. The Morgan fingerprint density at radius 2 is 1.80 bits per heavy atom. The van der Waals surface area contributed by atoms with Crippen LogP contribution in [0.5, 0.6) is 11.5 Å². The summed E-state index contributed by atoms with van der Waals surface area (Å²) in [6.07, 6.45) is 1.77. The minimum Gasteiger partial charge on any atom is -0.494 e. The van der Waals surface area contributed by atoms with Crippen LogP contribution in [0.3, 0.4) is 0 Å². The Balaban J connectivity index is 1.61. The van der Waals surface area contributed by atoms with Crippen LogP contribution >= 0.6 is 43.2 Å². The number of halogens is 2. The Kier molecular flexibility index (Phi) is 9.84. The van der Waals surface area contributed by atoms with Gasteiger partial charge in [-0.15, -0.1) is 0 Å². The lowest BCUT2D eigenvalue weighted by atomic mass is 9.96. The number of carbonyl (C=O) groups excluding carboxylic acids is 1. The SMILES string of the molecule is CCOC(=O)C1=C(C)N=c2s/c(=C\c3cc(Br)cc(Br)c3OCc3ccc(C#N)cc3)c(=O)n2[C@@H]1c1ccc(OCC)cc1. The van der Waals surface area contributed by atoms with E-state index in [1.165, 1.54) is 11.3 Å². The number of thiazole rings is 1. The molecule has 0 saturated heterocycles. The second kappa shape index (κ2) is 13.8. The number of aromatic nitrogens is 1. The van der Waals surface area contributed by atoms with Gasteiger partial charge in [0, 0.05) is 10.0 Å². The van der Waals surface area contributed by atoms with Crippen LogP contribution in [0.4, 0.5) is 0 Å². The van der Waals surface area contributed by atoms with Crippen LogP contribution in [0.1, 0.15) is 49.1 Å². The summed E-state index contributed by atoms with van der Waals surface area (Å²) in [6.45, 7) is 6.38. The molecule has 0 unspecified atom stereocenters. The summed E-state index contributed by atoms with van der Waals surface area (Å²) >= 11 is 8.39. The first-order valence-corrected chi connectivity index (χ1v) is 16.2. The number of allylic oxidation sites excluding steroid dienone is 1. The summed E-state index contributed by atoms with van der Waals surface area (Å²) in [4.78, 5) is 32.5. The molecule has 1 aromatic heterocycles. The summed E-state index contributed by atoms with van der Waals surface area (Å²) in [5, 5.41) is 9.09. The number of benzene rings is 3. The van der Waals surface area contributed by atoms with Crippen molar-refractivity contribution in [3.8, 4) is 17.6 Å². The van der Waals surface area contributed by atoms with Crippen LogP contribution in [-0.4, -0.2) is 23.8 Å². The van der Waals surface area contributed by atoms with Gasteiger partial charge in [0.05, 0.1) is 51.2 Å². The smallest absolute Gasteiger partial charge is 0.338 e. The molecule has 1 aliphatic rings. The fourth-order valence-electron chi connectivity index (χ4n) is 4.83. The van der Waals surface area contributed by atoms with Crippen LogP contribution in [0.2, 0.25) is 0 Å². The third-order valence-electron chi connectivity index (χ3n) is 6.81. The van der Waals surface area contributed by atoms with Gasteiger partial charge in [-0.25, -0.2) is 9.79 Å². The fourth-order valence-corrected chi connectivity index (χ4v) is 7.24. The highest BCUT2D eigenvalue weighted by Crippen LogP contribution is 2.35. The van der Waals surface area contributed by atoms with Gasteiger partial charge in [-0.3, -0.25) is 9.36 Å².